The van der Waals surface area contributed by atoms with Crippen LogP contribution >= 0.6 is 0 Å². The molecule has 0 N–H and O–H groups in total. The van der Waals surface area contributed by atoms with Gasteiger partial charge in [0.2, 0.25) is 0 Å². The van der Waals surface area contributed by atoms with Gasteiger partial charge in [-0.05, 0) is 95.3 Å². The van der Waals surface area contributed by atoms with Gasteiger partial charge in [0, 0.05) is 22.3 Å². The Morgan fingerprint density at radius 2 is 1.26 bits per heavy atom. The molecular formula is C37H43N. The summed E-state index contributed by atoms with van der Waals surface area (Å²) in [5, 5.41) is 0. The second kappa shape index (κ2) is 9.45. The zero-order valence-electron chi connectivity index (χ0n) is 24.7. The highest BCUT2D eigenvalue weighted by Crippen LogP contribution is 2.54. The van der Waals surface area contributed by atoms with Crippen molar-refractivity contribution < 1.29 is 0 Å². The van der Waals surface area contributed by atoms with Crippen LogP contribution in [-0.4, -0.2) is 5.54 Å². The fourth-order valence-electron chi connectivity index (χ4n) is 6.47. The molecule has 0 radical (unpaired) electrons. The Balaban J connectivity index is 1.78. The molecule has 0 fully saturated rings. The lowest BCUT2D eigenvalue weighted by Crippen LogP contribution is -2.39. The molecule has 0 unspecified atom stereocenters. The lowest BCUT2D eigenvalue weighted by atomic mass is 9.81. The molecule has 0 aromatic heterocycles. The number of hydrogen-bond acceptors (Lipinski definition) is 1. The number of nitrogens with zero attached hydrogens (tertiary/aromatic N) is 1. The van der Waals surface area contributed by atoms with Gasteiger partial charge in [0.25, 0.3) is 0 Å². The molecular weight excluding hydrogens is 458 g/mol. The van der Waals surface area contributed by atoms with Gasteiger partial charge >= 0.3 is 0 Å². The molecule has 0 amide bonds. The summed E-state index contributed by atoms with van der Waals surface area (Å²) in [4.78, 5) is 2.61. The van der Waals surface area contributed by atoms with Crippen molar-refractivity contribution in [1.82, 2.24) is 0 Å². The lowest BCUT2D eigenvalue weighted by molar-refractivity contribution is 0.555. The number of rotatable bonds is 5. The molecule has 4 aromatic rings. The fourth-order valence-corrected chi connectivity index (χ4v) is 6.47. The Bertz CT molecular complexity index is 1460. The molecule has 0 aliphatic heterocycles. The van der Waals surface area contributed by atoms with Crippen molar-refractivity contribution in [2.24, 2.45) is 0 Å². The predicted octanol–water partition coefficient (Wildman–Crippen LogP) is 10.8. The molecule has 0 saturated carbocycles. The third kappa shape index (κ3) is 4.27. The van der Waals surface area contributed by atoms with Crippen molar-refractivity contribution in [3.8, 4) is 22.3 Å². The van der Waals surface area contributed by atoms with E-state index in [4.69, 9.17) is 0 Å². The second-order valence-corrected chi connectivity index (χ2v) is 13.0. The van der Waals surface area contributed by atoms with Gasteiger partial charge in [-0.3, -0.25) is 0 Å². The van der Waals surface area contributed by atoms with Crippen LogP contribution in [0, 0.1) is 0 Å². The van der Waals surface area contributed by atoms with Crippen LogP contribution in [0.1, 0.15) is 96.4 Å². The fraction of sp³-hybridized carbons (Fsp3) is 0.351. The maximum atomic E-state index is 2.61. The zero-order chi connectivity index (χ0) is 27.4. The zero-order valence-corrected chi connectivity index (χ0v) is 24.7. The Hall–Kier alpha value is -3.32. The summed E-state index contributed by atoms with van der Waals surface area (Å²) in [6.07, 6.45) is 0. The number of hydrogen-bond donors (Lipinski definition) is 0. The van der Waals surface area contributed by atoms with Crippen LogP contribution in [0.4, 0.5) is 11.4 Å². The van der Waals surface area contributed by atoms with Gasteiger partial charge in [0.05, 0.1) is 0 Å². The average molecular weight is 502 g/mol. The molecule has 0 spiro atoms. The molecule has 4 aromatic carbocycles. The standard InChI is InChI=1S/C37H43N/c1-24(2)29-23-27(26-15-11-10-12-16-26)19-21-32(29)38(36(5,6)7)33-22-20-31-35(34(33)25(3)4)28-17-13-14-18-30(28)37(31,8)9/h10-25H,1-9H3. The maximum absolute atomic E-state index is 2.61. The van der Waals surface area contributed by atoms with Gasteiger partial charge in [-0.25, -0.2) is 0 Å². The Kier molecular flexibility index (Phi) is 6.54. The van der Waals surface area contributed by atoms with E-state index in [1.807, 2.05) is 0 Å². The summed E-state index contributed by atoms with van der Waals surface area (Å²) in [5.74, 6) is 0.785. The third-order valence-electron chi connectivity index (χ3n) is 8.25. The normalized spacial score (nSPS) is 14.1. The average Bonchev–Trinajstić information content (AvgIpc) is 3.10. The van der Waals surface area contributed by atoms with Crippen LogP contribution in [-0.2, 0) is 5.41 Å². The molecule has 1 aliphatic carbocycles. The SMILES string of the molecule is CC(C)c1cc(-c2ccccc2)ccc1N(c1ccc2c(c1C(C)C)-c1ccccc1C2(C)C)C(C)(C)C. The summed E-state index contributed by atoms with van der Waals surface area (Å²) in [6.45, 7) is 21.1. The van der Waals surface area contributed by atoms with Crippen molar-refractivity contribution >= 4 is 11.4 Å². The minimum atomic E-state index is -0.108. The topological polar surface area (TPSA) is 3.24 Å². The van der Waals surface area contributed by atoms with Gasteiger partial charge in [0.15, 0.2) is 0 Å². The molecule has 1 nitrogen and oxygen atoms in total. The summed E-state index contributed by atoms with van der Waals surface area (Å²) in [5.41, 5.74) is 13.6. The van der Waals surface area contributed by atoms with Gasteiger partial charge in [-0.15, -0.1) is 0 Å². The molecule has 1 heteroatoms. The van der Waals surface area contributed by atoms with E-state index in [0.29, 0.717) is 11.8 Å². The highest BCUT2D eigenvalue weighted by Gasteiger charge is 2.39. The number of benzene rings is 4. The van der Waals surface area contributed by atoms with Crippen molar-refractivity contribution in [3.05, 3.63) is 107 Å². The summed E-state index contributed by atoms with van der Waals surface area (Å²) in [6, 6.07) is 31.7. The molecule has 0 heterocycles. The van der Waals surface area contributed by atoms with E-state index >= 15 is 0 Å². The lowest BCUT2D eigenvalue weighted by Gasteiger charge is -2.42. The monoisotopic (exact) mass is 501 g/mol. The van der Waals surface area contributed by atoms with E-state index < -0.39 is 0 Å². The van der Waals surface area contributed by atoms with E-state index in [-0.39, 0.29) is 11.0 Å². The molecule has 196 valence electrons. The van der Waals surface area contributed by atoms with Gasteiger partial charge in [-0.2, -0.15) is 0 Å². The largest absolute Gasteiger partial charge is 0.336 e. The highest BCUT2D eigenvalue weighted by atomic mass is 15.2. The van der Waals surface area contributed by atoms with Crippen molar-refractivity contribution in [2.75, 3.05) is 4.90 Å². The van der Waals surface area contributed by atoms with Crippen LogP contribution < -0.4 is 4.90 Å². The van der Waals surface area contributed by atoms with Crippen LogP contribution in [0.15, 0.2) is 84.9 Å². The summed E-state index contributed by atoms with van der Waals surface area (Å²) >= 11 is 0. The quantitative estimate of drug-likeness (QED) is 0.263. The van der Waals surface area contributed by atoms with Crippen molar-refractivity contribution in [2.45, 2.75) is 85.1 Å². The minimum absolute atomic E-state index is 0.00108. The Morgan fingerprint density at radius 1 is 0.632 bits per heavy atom. The van der Waals surface area contributed by atoms with E-state index in [2.05, 4.69) is 152 Å². The van der Waals surface area contributed by atoms with Gasteiger partial charge in [0.1, 0.15) is 0 Å². The smallest absolute Gasteiger partial charge is 0.0457 e. The Labute approximate surface area is 230 Å². The summed E-state index contributed by atoms with van der Waals surface area (Å²) < 4.78 is 0. The first-order valence-electron chi connectivity index (χ1n) is 14.2. The maximum Gasteiger partial charge on any atom is 0.0457 e. The predicted molar refractivity (Wildman–Crippen MR) is 166 cm³/mol. The van der Waals surface area contributed by atoms with Crippen molar-refractivity contribution in [1.29, 1.82) is 0 Å². The third-order valence-corrected chi connectivity index (χ3v) is 8.25. The first-order valence-corrected chi connectivity index (χ1v) is 14.2. The summed E-state index contributed by atoms with van der Waals surface area (Å²) in [7, 11) is 0. The number of anilines is 2. The van der Waals surface area contributed by atoms with Crippen LogP contribution in [0.5, 0.6) is 0 Å². The molecule has 5 rings (SSSR count). The van der Waals surface area contributed by atoms with E-state index in [0.717, 1.165) is 0 Å². The Morgan fingerprint density at radius 3 is 1.89 bits per heavy atom. The molecule has 0 bridgehead atoms. The van der Waals surface area contributed by atoms with Gasteiger partial charge < -0.3 is 4.90 Å². The highest BCUT2D eigenvalue weighted by molar-refractivity contribution is 5.89. The first kappa shape index (κ1) is 26.3. The van der Waals surface area contributed by atoms with E-state index in [9.17, 15) is 0 Å². The molecule has 38 heavy (non-hydrogen) atoms. The van der Waals surface area contributed by atoms with Crippen molar-refractivity contribution in [3.63, 3.8) is 0 Å². The van der Waals surface area contributed by atoms with E-state index in [1.165, 1.54) is 55.9 Å². The molecule has 0 saturated heterocycles. The van der Waals surface area contributed by atoms with E-state index in [1.54, 1.807) is 0 Å². The molecule has 1 aliphatic rings. The number of fused-ring (bicyclic) bond motifs is 3. The van der Waals surface area contributed by atoms with Crippen LogP contribution in [0.2, 0.25) is 0 Å². The van der Waals surface area contributed by atoms with Gasteiger partial charge in [-0.1, -0.05) is 108 Å². The molecule has 0 atom stereocenters. The minimum Gasteiger partial charge on any atom is -0.336 e. The first-order chi connectivity index (χ1) is 17.9. The second-order valence-electron chi connectivity index (χ2n) is 13.0. The van der Waals surface area contributed by atoms with Crippen LogP contribution in [0.25, 0.3) is 22.3 Å². The van der Waals surface area contributed by atoms with Crippen LogP contribution in [0.3, 0.4) is 0 Å².